The number of benzene rings is 2. The molecule has 0 aliphatic rings. The fraction of sp³-hybridized carbons (Fsp3) is 0.0714. The zero-order valence-corrected chi connectivity index (χ0v) is 9.88. The lowest BCUT2D eigenvalue weighted by atomic mass is 10.1. The Morgan fingerprint density at radius 2 is 1.84 bits per heavy atom. The number of hydrogen-bond donors (Lipinski definition) is 0. The van der Waals surface area contributed by atoms with Crippen molar-refractivity contribution in [3.63, 3.8) is 0 Å². The van der Waals surface area contributed by atoms with Gasteiger partial charge in [-0.3, -0.25) is 0 Å². The fourth-order valence-corrected chi connectivity index (χ4v) is 2.04. The van der Waals surface area contributed by atoms with E-state index in [-0.39, 0.29) is 10.9 Å². The number of hydrogen-bond acceptors (Lipinski definition) is 2. The summed E-state index contributed by atoms with van der Waals surface area (Å²) in [6.45, 7) is 0. The van der Waals surface area contributed by atoms with Crippen molar-refractivity contribution in [2.45, 2.75) is 0 Å². The summed E-state index contributed by atoms with van der Waals surface area (Å²) >= 11 is 0. The average Bonchev–Trinajstić information content (AvgIpc) is 2.43. The Bertz CT molecular complexity index is 802. The van der Waals surface area contributed by atoms with Crippen molar-refractivity contribution in [3.05, 3.63) is 47.8 Å². The molecule has 2 nitrogen and oxygen atoms in total. The zero-order chi connectivity index (χ0) is 13.6. The molecule has 0 bridgehead atoms. The highest BCUT2D eigenvalue weighted by molar-refractivity contribution is 5.95. The lowest BCUT2D eigenvalue weighted by Gasteiger charge is -2.07. The highest BCUT2D eigenvalue weighted by Crippen LogP contribution is 2.29. The first-order valence-electron chi connectivity index (χ1n) is 5.53. The van der Waals surface area contributed by atoms with Crippen LogP contribution in [0.2, 0.25) is 0 Å². The molecule has 0 fully saturated rings. The monoisotopic (exact) mass is 263 g/mol. The standard InChI is InChI=1S/C14H8F3NO/c1-19-11-4-2-3-7-5-8-10(18-14(7)11)6-9(15)13(17)12(8)16/h2-6H,1H3. The minimum Gasteiger partial charge on any atom is -0.494 e. The van der Waals surface area contributed by atoms with Gasteiger partial charge < -0.3 is 4.74 Å². The molecule has 3 rings (SSSR count). The Hall–Kier alpha value is -2.30. The van der Waals surface area contributed by atoms with Crippen molar-refractivity contribution in [1.29, 1.82) is 0 Å². The maximum Gasteiger partial charge on any atom is 0.195 e. The molecule has 0 atom stereocenters. The van der Waals surface area contributed by atoms with Crippen LogP contribution < -0.4 is 4.74 Å². The summed E-state index contributed by atoms with van der Waals surface area (Å²) in [5.41, 5.74) is 0.524. The van der Waals surface area contributed by atoms with Gasteiger partial charge in [0.05, 0.1) is 12.6 Å². The molecule has 5 heteroatoms. The van der Waals surface area contributed by atoms with E-state index in [1.54, 1.807) is 18.2 Å². The zero-order valence-electron chi connectivity index (χ0n) is 9.88. The van der Waals surface area contributed by atoms with E-state index in [0.717, 1.165) is 6.07 Å². The van der Waals surface area contributed by atoms with Crippen molar-refractivity contribution in [3.8, 4) is 5.75 Å². The average molecular weight is 263 g/mol. The highest BCUT2D eigenvalue weighted by Gasteiger charge is 2.15. The summed E-state index contributed by atoms with van der Waals surface area (Å²) in [7, 11) is 1.48. The van der Waals surface area contributed by atoms with E-state index in [2.05, 4.69) is 4.98 Å². The number of rotatable bonds is 1. The number of nitrogens with zero attached hydrogens (tertiary/aromatic N) is 1. The van der Waals surface area contributed by atoms with Gasteiger partial charge in [-0.1, -0.05) is 12.1 Å². The molecule has 3 aromatic rings. The molecule has 0 unspecified atom stereocenters. The van der Waals surface area contributed by atoms with Crippen molar-refractivity contribution < 1.29 is 17.9 Å². The predicted octanol–water partition coefficient (Wildman–Crippen LogP) is 3.81. The molecule has 0 aliphatic heterocycles. The summed E-state index contributed by atoms with van der Waals surface area (Å²) in [5.74, 6) is -3.49. The van der Waals surface area contributed by atoms with E-state index < -0.39 is 17.5 Å². The number of fused-ring (bicyclic) bond motifs is 2. The summed E-state index contributed by atoms with van der Waals surface area (Å²) in [6.07, 6.45) is 0. The third-order valence-corrected chi connectivity index (χ3v) is 2.96. The van der Waals surface area contributed by atoms with Crippen molar-refractivity contribution in [2.24, 2.45) is 0 Å². The number of halogens is 3. The van der Waals surface area contributed by atoms with Crippen LogP contribution in [0.3, 0.4) is 0 Å². The predicted molar refractivity (Wildman–Crippen MR) is 65.7 cm³/mol. The van der Waals surface area contributed by atoms with E-state index >= 15 is 0 Å². The molecule has 1 aromatic heterocycles. The topological polar surface area (TPSA) is 22.1 Å². The molecule has 0 N–H and O–H groups in total. The number of ether oxygens (including phenoxy) is 1. The van der Waals surface area contributed by atoms with Gasteiger partial charge in [0.25, 0.3) is 0 Å². The van der Waals surface area contributed by atoms with E-state index in [1.165, 1.54) is 13.2 Å². The molecule has 19 heavy (non-hydrogen) atoms. The van der Waals surface area contributed by atoms with Crippen LogP contribution in [0.15, 0.2) is 30.3 Å². The van der Waals surface area contributed by atoms with Gasteiger partial charge in [0.1, 0.15) is 11.3 Å². The van der Waals surface area contributed by atoms with Crippen LogP contribution in [-0.4, -0.2) is 12.1 Å². The Morgan fingerprint density at radius 1 is 1.05 bits per heavy atom. The Kier molecular flexibility index (Phi) is 2.55. The van der Waals surface area contributed by atoms with E-state index in [9.17, 15) is 13.2 Å². The lowest BCUT2D eigenvalue weighted by molar-refractivity contribution is 0.419. The maximum absolute atomic E-state index is 13.7. The van der Waals surface area contributed by atoms with Gasteiger partial charge in [0.2, 0.25) is 0 Å². The molecular weight excluding hydrogens is 255 g/mol. The second kappa shape index (κ2) is 4.12. The molecule has 2 aromatic carbocycles. The fourth-order valence-electron chi connectivity index (χ4n) is 2.04. The van der Waals surface area contributed by atoms with Gasteiger partial charge >= 0.3 is 0 Å². The Morgan fingerprint density at radius 3 is 2.58 bits per heavy atom. The Labute approximate surface area is 106 Å². The smallest absolute Gasteiger partial charge is 0.195 e. The first-order chi connectivity index (χ1) is 9.11. The van der Waals surface area contributed by atoms with Gasteiger partial charge in [-0.25, -0.2) is 18.2 Å². The second-order valence-corrected chi connectivity index (χ2v) is 4.07. The third-order valence-electron chi connectivity index (χ3n) is 2.96. The van der Waals surface area contributed by atoms with Gasteiger partial charge in [-0.05, 0) is 12.1 Å². The molecule has 0 saturated carbocycles. The molecule has 1 heterocycles. The second-order valence-electron chi connectivity index (χ2n) is 4.07. The summed E-state index contributed by atoms with van der Waals surface area (Å²) in [6, 6.07) is 7.41. The maximum atomic E-state index is 13.7. The number of pyridine rings is 1. The first-order valence-corrected chi connectivity index (χ1v) is 5.53. The number of para-hydroxylation sites is 1. The highest BCUT2D eigenvalue weighted by atomic mass is 19.2. The minimum absolute atomic E-state index is 0.0494. The molecule has 0 aliphatic carbocycles. The van der Waals surface area contributed by atoms with Crippen LogP contribution in [0.4, 0.5) is 13.2 Å². The summed E-state index contributed by atoms with van der Waals surface area (Å²) in [4.78, 5) is 4.14. The lowest BCUT2D eigenvalue weighted by Crippen LogP contribution is -1.95. The number of methoxy groups -OCH3 is 1. The minimum atomic E-state index is -1.49. The van der Waals surface area contributed by atoms with Gasteiger partial charge in [-0.2, -0.15) is 0 Å². The van der Waals surface area contributed by atoms with Gasteiger partial charge in [0, 0.05) is 16.8 Å². The largest absolute Gasteiger partial charge is 0.494 e. The van der Waals surface area contributed by atoms with Crippen LogP contribution in [0.1, 0.15) is 0 Å². The quantitative estimate of drug-likeness (QED) is 0.492. The molecule has 0 radical (unpaired) electrons. The van der Waals surface area contributed by atoms with Gasteiger partial charge in [-0.15, -0.1) is 0 Å². The normalized spacial score (nSPS) is 11.2. The van der Waals surface area contributed by atoms with Gasteiger partial charge in [0.15, 0.2) is 17.5 Å². The summed E-state index contributed by atoms with van der Waals surface area (Å²) < 4.78 is 45.2. The van der Waals surface area contributed by atoms with Crippen LogP contribution in [-0.2, 0) is 0 Å². The van der Waals surface area contributed by atoms with Crippen LogP contribution in [0, 0.1) is 17.5 Å². The van der Waals surface area contributed by atoms with Crippen molar-refractivity contribution in [1.82, 2.24) is 4.98 Å². The van der Waals surface area contributed by atoms with Crippen LogP contribution in [0.25, 0.3) is 21.8 Å². The van der Waals surface area contributed by atoms with Crippen molar-refractivity contribution in [2.75, 3.05) is 7.11 Å². The van der Waals surface area contributed by atoms with Crippen molar-refractivity contribution >= 4 is 21.8 Å². The molecule has 0 spiro atoms. The number of aromatic nitrogens is 1. The van der Waals surface area contributed by atoms with E-state index in [1.807, 2.05) is 0 Å². The van der Waals surface area contributed by atoms with E-state index in [0.29, 0.717) is 16.7 Å². The van der Waals surface area contributed by atoms with Crippen LogP contribution >= 0.6 is 0 Å². The SMILES string of the molecule is COc1cccc2cc3c(F)c(F)c(F)cc3nc12. The first kappa shape index (κ1) is 11.8. The Balaban J connectivity index is 2.49. The molecule has 0 amide bonds. The molecular formula is C14H8F3NO. The third kappa shape index (κ3) is 1.69. The van der Waals surface area contributed by atoms with Crippen LogP contribution in [0.5, 0.6) is 5.75 Å². The molecule has 96 valence electrons. The van der Waals surface area contributed by atoms with E-state index in [4.69, 9.17) is 4.74 Å². The summed E-state index contributed by atoms with van der Waals surface area (Å²) in [5, 5.41) is 0.538. The molecule has 0 saturated heterocycles.